The lowest BCUT2D eigenvalue weighted by Crippen LogP contribution is -2.65. The molecule has 1 N–H and O–H groups in total. The molecule has 2 nitrogen and oxygen atoms in total. The van der Waals surface area contributed by atoms with Crippen LogP contribution in [0.4, 0.5) is 0 Å². The zero-order valence-electron chi connectivity index (χ0n) is 10.9. The molecule has 2 fully saturated rings. The third-order valence-electron chi connectivity index (χ3n) is 4.54. The maximum atomic E-state index is 3.76. The Morgan fingerprint density at radius 3 is 2.27 bits per heavy atom. The van der Waals surface area contributed by atoms with Crippen molar-refractivity contribution in [1.82, 2.24) is 10.2 Å². The summed E-state index contributed by atoms with van der Waals surface area (Å²) >= 11 is 0. The predicted molar refractivity (Wildman–Crippen MR) is 65.0 cm³/mol. The lowest BCUT2D eigenvalue weighted by molar-refractivity contribution is 0.0317. The van der Waals surface area contributed by atoms with Gasteiger partial charge in [-0.15, -0.1) is 0 Å². The van der Waals surface area contributed by atoms with E-state index in [2.05, 4.69) is 45.0 Å². The molecule has 1 aliphatic heterocycles. The molecule has 0 radical (unpaired) electrons. The Balaban J connectivity index is 2.02. The van der Waals surface area contributed by atoms with Gasteiger partial charge in [-0.2, -0.15) is 0 Å². The van der Waals surface area contributed by atoms with Gasteiger partial charge in [0.25, 0.3) is 0 Å². The van der Waals surface area contributed by atoms with Crippen molar-refractivity contribution in [2.24, 2.45) is 11.3 Å². The van der Waals surface area contributed by atoms with Crippen LogP contribution in [0.5, 0.6) is 0 Å². The molecule has 0 aromatic carbocycles. The normalized spacial score (nSPS) is 39.4. The number of hydrogen-bond donors (Lipinski definition) is 1. The number of rotatable bonds is 1. The fourth-order valence-corrected chi connectivity index (χ4v) is 2.75. The van der Waals surface area contributed by atoms with E-state index in [-0.39, 0.29) is 0 Å². The first-order valence-corrected chi connectivity index (χ1v) is 6.28. The molecule has 0 spiro atoms. The average Bonchev–Trinajstić information content (AvgIpc) is 2.90. The highest BCUT2D eigenvalue weighted by atomic mass is 15.3. The smallest absolute Gasteiger partial charge is 0.0331 e. The number of nitrogens with one attached hydrogen (secondary N) is 1. The van der Waals surface area contributed by atoms with E-state index in [1.165, 1.54) is 19.4 Å². The standard InChI is InChI=1S/C13H26N2/c1-12(2,3)11-8-15(5)13(4,9-14-11)10-6-7-10/h10-11,14H,6-9H2,1-5H3. The molecular weight excluding hydrogens is 184 g/mol. The molecule has 2 aliphatic rings. The van der Waals surface area contributed by atoms with Crippen LogP contribution in [0.1, 0.15) is 40.5 Å². The van der Waals surface area contributed by atoms with Crippen molar-refractivity contribution in [3.05, 3.63) is 0 Å². The average molecular weight is 210 g/mol. The minimum atomic E-state index is 0.374. The van der Waals surface area contributed by atoms with Crippen LogP contribution in [0.3, 0.4) is 0 Å². The van der Waals surface area contributed by atoms with Crippen LogP contribution in [-0.2, 0) is 0 Å². The summed E-state index contributed by atoms with van der Waals surface area (Å²) in [4.78, 5) is 2.59. The second kappa shape index (κ2) is 3.46. The van der Waals surface area contributed by atoms with E-state index in [0.717, 1.165) is 12.5 Å². The van der Waals surface area contributed by atoms with Crippen molar-refractivity contribution in [2.45, 2.75) is 52.1 Å². The molecule has 1 saturated heterocycles. The molecule has 0 bridgehead atoms. The van der Waals surface area contributed by atoms with E-state index in [1.54, 1.807) is 0 Å². The number of likely N-dealkylation sites (N-methyl/N-ethyl adjacent to an activating group) is 1. The molecular formula is C13H26N2. The first kappa shape index (κ1) is 11.4. The van der Waals surface area contributed by atoms with Gasteiger partial charge in [-0.1, -0.05) is 20.8 Å². The van der Waals surface area contributed by atoms with Gasteiger partial charge in [0.1, 0.15) is 0 Å². The molecule has 0 aromatic rings. The second-order valence-electron chi connectivity index (χ2n) is 6.81. The summed E-state index contributed by atoms with van der Waals surface area (Å²) in [5.74, 6) is 0.941. The van der Waals surface area contributed by atoms with Gasteiger partial charge in [-0.05, 0) is 38.1 Å². The quantitative estimate of drug-likeness (QED) is 0.713. The summed E-state index contributed by atoms with van der Waals surface area (Å²) in [6, 6.07) is 0.634. The van der Waals surface area contributed by atoms with E-state index in [0.29, 0.717) is 17.0 Å². The highest BCUT2D eigenvalue weighted by Crippen LogP contribution is 2.44. The van der Waals surface area contributed by atoms with Crippen LogP contribution < -0.4 is 5.32 Å². The van der Waals surface area contributed by atoms with E-state index in [9.17, 15) is 0 Å². The Morgan fingerprint density at radius 2 is 1.87 bits per heavy atom. The third kappa shape index (κ3) is 2.07. The van der Waals surface area contributed by atoms with Crippen LogP contribution in [0, 0.1) is 11.3 Å². The van der Waals surface area contributed by atoms with Gasteiger partial charge in [-0.25, -0.2) is 0 Å². The van der Waals surface area contributed by atoms with Gasteiger partial charge in [0.05, 0.1) is 0 Å². The predicted octanol–water partition coefficient (Wildman–Crippen LogP) is 2.10. The largest absolute Gasteiger partial charge is 0.310 e. The van der Waals surface area contributed by atoms with Crippen LogP contribution in [0.15, 0.2) is 0 Å². The zero-order chi connectivity index (χ0) is 11.3. The summed E-state index contributed by atoms with van der Waals surface area (Å²) in [5.41, 5.74) is 0.793. The molecule has 2 rings (SSSR count). The van der Waals surface area contributed by atoms with Gasteiger partial charge >= 0.3 is 0 Å². The van der Waals surface area contributed by atoms with E-state index in [1.807, 2.05) is 0 Å². The molecule has 2 atom stereocenters. The summed E-state index contributed by atoms with van der Waals surface area (Å²) in [5, 5.41) is 3.76. The molecule has 2 heteroatoms. The van der Waals surface area contributed by atoms with Crippen molar-refractivity contribution in [3.8, 4) is 0 Å². The second-order valence-corrected chi connectivity index (χ2v) is 6.81. The summed E-state index contributed by atoms with van der Waals surface area (Å²) in [6.07, 6.45) is 2.87. The lowest BCUT2D eigenvalue weighted by atomic mass is 9.81. The Hall–Kier alpha value is -0.0800. The van der Waals surface area contributed by atoms with Crippen molar-refractivity contribution < 1.29 is 0 Å². The maximum Gasteiger partial charge on any atom is 0.0331 e. The first-order valence-electron chi connectivity index (χ1n) is 6.28. The molecule has 1 aliphatic carbocycles. The fourth-order valence-electron chi connectivity index (χ4n) is 2.75. The van der Waals surface area contributed by atoms with Gasteiger partial charge in [-0.3, -0.25) is 4.90 Å². The van der Waals surface area contributed by atoms with Gasteiger partial charge in [0.15, 0.2) is 0 Å². The van der Waals surface area contributed by atoms with Gasteiger partial charge < -0.3 is 5.32 Å². The zero-order valence-corrected chi connectivity index (χ0v) is 10.9. The molecule has 15 heavy (non-hydrogen) atoms. The van der Waals surface area contributed by atoms with E-state index < -0.39 is 0 Å². The number of hydrogen-bond acceptors (Lipinski definition) is 2. The van der Waals surface area contributed by atoms with Crippen LogP contribution in [-0.4, -0.2) is 36.6 Å². The van der Waals surface area contributed by atoms with Crippen molar-refractivity contribution >= 4 is 0 Å². The minimum Gasteiger partial charge on any atom is -0.310 e. The summed E-state index contributed by atoms with van der Waals surface area (Å²) < 4.78 is 0. The van der Waals surface area contributed by atoms with Gasteiger partial charge in [0.2, 0.25) is 0 Å². The van der Waals surface area contributed by atoms with Crippen molar-refractivity contribution in [1.29, 1.82) is 0 Å². The van der Waals surface area contributed by atoms with E-state index >= 15 is 0 Å². The number of piperazine rings is 1. The van der Waals surface area contributed by atoms with Crippen LogP contribution >= 0.6 is 0 Å². The van der Waals surface area contributed by atoms with Crippen molar-refractivity contribution in [3.63, 3.8) is 0 Å². The number of nitrogens with zero attached hydrogens (tertiary/aromatic N) is 1. The maximum absolute atomic E-state index is 3.76. The van der Waals surface area contributed by atoms with Crippen LogP contribution in [0.25, 0.3) is 0 Å². The Bertz CT molecular complexity index is 239. The molecule has 0 amide bonds. The van der Waals surface area contributed by atoms with E-state index in [4.69, 9.17) is 0 Å². The van der Waals surface area contributed by atoms with Gasteiger partial charge in [0, 0.05) is 24.7 Å². The summed E-state index contributed by atoms with van der Waals surface area (Å²) in [6.45, 7) is 11.8. The van der Waals surface area contributed by atoms with Crippen molar-refractivity contribution in [2.75, 3.05) is 20.1 Å². The molecule has 1 heterocycles. The SMILES string of the molecule is CN1CC(C(C)(C)C)NCC1(C)C1CC1. The monoisotopic (exact) mass is 210 g/mol. The Kier molecular flexibility index (Phi) is 2.63. The molecule has 2 unspecified atom stereocenters. The fraction of sp³-hybridized carbons (Fsp3) is 1.00. The Morgan fingerprint density at radius 1 is 1.27 bits per heavy atom. The lowest BCUT2D eigenvalue weighted by Gasteiger charge is -2.50. The Labute approximate surface area is 94.4 Å². The summed E-state index contributed by atoms with van der Waals surface area (Å²) in [7, 11) is 2.30. The molecule has 88 valence electrons. The highest BCUT2D eigenvalue weighted by Gasteiger charge is 2.48. The van der Waals surface area contributed by atoms with Crippen LogP contribution in [0.2, 0.25) is 0 Å². The highest BCUT2D eigenvalue weighted by molar-refractivity contribution is 5.05. The molecule has 1 saturated carbocycles. The molecule has 0 aromatic heterocycles. The first-order chi connectivity index (χ1) is 6.84. The topological polar surface area (TPSA) is 15.3 Å². The minimum absolute atomic E-state index is 0.374. The third-order valence-corrected chi connectivity index (χ3v) is 4.54.